The van der Waals surface area contributed by atoms with Crippen molar-refractivity contribution < 1.29 is 4.68 Å². The number of aromatic nitrogens is 3. The van der Waals surface area contributed by atoms with Crippen molar-refractivity contribution in [2.75, 3.05) is 0 Å². The maximum atomic E-state index is 4.70. The van der Waals surface area contributed by atoms with E-state index in [4.69, 9.17) is 5.21 Å². The van der Waals surface area contributed by atoms with Crippen LogP contribution in [0.3, 0.4) is 0 Å². The number of unbranched alkanes of at least 4 members (excludes halogenated alkanes) is 2. The summed E-state index contributed by atoms with van der Waals surface area (Å²) in [4.78, 5) is 0. The van der Waals surface area contributed by atoms with Crippen molar-refractivity contribution in [3.8, 4) is 0 Å². The van der Waals surface area contributed by atoms with E-state index in [0.717, 1.165) is 13.1 Å². The summed E-state index contributed by atoms with van der Waals surface area (Å²) in [7, 11) is 0. The summed E-state index contributed by atoms with van der Waals surface area (Å²) in [5.74, 6) is 0. The standard InChI is InChI=1S/C14H22N3/c1-3-5-11-16-13-9-7-8-10-14(13)17(15-16)12-6-4-2/h7-10H,3-6,11-12H2,1-2H3/q+1. The Morgan fingerprint density at radius 3 is 2.65 bits per heavy atom. The minimum Gasteiger partial charge on any atom is -0.129 e. The predicted molar refractivity (Wildman–Crippen MR) is 69.7 cm³/mol. The highest BCUT2D eigenvalue weighted by Crippen LogP contribution is 2.10. The van der Waals surface area contributed by atoms with E-state index in [1.165, 1.54) is 36.7 Å². The lowest BCUT2D eigenvalue weighted by Gasteiger charge is -1.92. The van der Waals surface area contributed by atoms with Gasteiger partial charge in [0.1, 0.15) is 13.1 Å². The van der Waals surface area contributed by atoms with Gasteiger partial charge >= 0.3 is 0 Å². The molecule has 0 amide bonds. The Balaban J connectivity index is 2.32. The molecule has 0 aliphatic carbocycles. The van der Waals surface area contributed by atoms with Gasteiger partial charge in [-0.1, -0.05) is 38.8 Å². The number of fused-ring (bicyclic) bond motifs is 1. The molecule has 0 bridgehead atoms. The van der Waals surface area contributed by atoms with Crippen LogP contribution < -0.4 is 4.68 Å². The van der Waals surface area contributed by atoms with Crippen LogP contribution in [0.25, 0.3) is 11.0 Å². The lowest BCUT2D eigenvalue weighted by Crippen LogP contribution is -2.37. The van der Waals surface area contributed by atoms with Gasteiger partial charge in [-0.2, -0.15) is 0 Å². The lowest BCUT2D eigenvalue weighted by atomic mass is 10.3. The quantitative estimate of drug-likeness (QED) is 0.702. The second-order valence-electron chi connectivity index (χ2n) is 4.53. The first-order valence-corrected chi connectivity index (χ1v) is 6.72. The molecule has 17 heavy (non-hydrogen) atoms. The van der Waals surface area contributed by atoms with E-state index in [1.54, 1.807) is 0 Å². The third kappa shape index (κ3) is 2.65. The summed E-state index contributed by atoms with van der Waals surface area (Å²) in [6.07, 6.45) is 4.81. The Bertz CT molecular complexity index is 431. The Labute approximate surface area is 103 Å². The lowest BCUT2D eigenvalue weighted by molar-refractivity contribution is -0.733. The van der Waals surface area contributed by atoms with Crippen LogP contribution in [0.4, 0.5) is 0 Å². The Morgan fingerprint density at radius 2 is 1.88 bits per heavy atom. The molecule has 0 N–H and O–H groups in total. The first-order chi connectivity index (χ1) is 8.36. The fourth-order valence-corrected chi connectivity index (χ4v) is 2.07. The molecule has 3 nitrogen and oxygen atoms in total. The first kappa shape index (κ1) is 12.1. The Kier molecular flexibility index (Phi) is 4.13. The van der Waals surface area contributed by atoms with Crippen molar-refractivity contribution in [3.05, 3.63) is 24.3 Å². The molecule has 0 saturated carbocycles. The normalized spacial score (nSPS) is 11.2. The second-order valence-corrected chi connectivity index (χ2v) is 4.53. The van der Waals surface area contributed by atoms with Crippen molar-refractivity contribution in [1.82, 2.24) is 9.90 Å². The van der Waals surface area contributed by atoms with E-state index in [9.17, 15) is 0 Å². The summed E-state index contributed by atoms with van der Waals surface area (Å²) in [6, 6.07) is 8.52. The molecular weight excluding hydrogens is 210 g/mol. The second kappa shape index (κ2) is 5.80. The van der Waals surface area contributed by atoms with Crippen LogP contribution in [0.2, 0.25) is 0 Å². The van der Waals surface area contributed by atoms with Crippen molar-refractivity contribution >= 4 is 11.0 Å². The minimum absolute atomic E-state index is 1.02. The van der Waals surface area contributed by atoms with Gasteiger partial charge < -0.3 is 0 Å². The van der Waals surface area contributed by atoms with E-state index >= 15 is 0 Å². The van der Waals surface area contributed by atoms with Gasteiger partial charge in [-0.05, 0) is 25.0 Å². The largest absolute Gasteiger partial charge is 0.198 e. The van der Waals surface area contributed by atoms with Gasteiger partial charge in [-0.3, -0.25) is 0 Å². The minimum atomic E-state index is 1.02. The predicted octanol–water partition coefficient (Wildman–Crippen LogP) is 2.92. The molecular formula is C14H22N3+. The van der Waals surface area contributed by atoms with Crippen LogP contribution in [0.15, 0.2) is 24.3 Å². The number of hydrogen-bond acceptors (Lipinski definition) is 1. The van der Waals surface area contributed by atoms with E-state index in [2.05, 4.69) is 47.5 Å². The summed E-state index contributed by atoms with van der Waals surface area (Å²) in [5, 5.41) is 4.70. The van der Waals surface area contributed by atoms with Gasteiger partial charge in [0, 0.05) is 0 Å². The molecule has 0 fully saturated rings. The van der Waals surface area contributed by atoms with Crippen LogP contribution >= 0.6 is 0 Å². The zero-order valence-corrected chi connectivity index (χ0v) is 10.9. The summed E-state index contributed by atoms with van der Waals surface area (Å²) < 4.78 is 4.29. The van der Waals surface area contributed by atoms with Gasteiger partial charge in [0.05, 0.1) is 5.21 Å². The third-order valence-corrected chi connectivity index (χ3v) is 3.10. The fourth-order valence-electron chi connectivity index (χ4n) is 2.07. The van der Waals surface area contributed by atoms with Crippen LogP contribution in [0, 0.1) is 0 Å². The zero-order valence-electron chi connectivity index (χ0n) is 10.9. The van der Waals surface area contributed by atoms with Crippen LogP contribution in [-0.2, 0) is 13.1 Å². The number of hydrogen-bond donors (Lipinski definition) is 0. The molecule has 2 rings (SSSR count). The monoisotopic (exact) mass is 232 g/mol. The average molecular weight is 232 g/mol. The first-order valence-electron chi connectivity index (χ1n) is 6.72. The Morgan fingerprint density at radius 1 is 1.12 bits per heavy atom. The Hall–Kier alpha value is -1.38. The molecule has 1 heterocycles. The third-order valence-electron chi connectivity index (χ3n) is 3.10. The number of nitrogens with zero attached hydrogens (tertiary/aromatic N) is 3. The van der Waals surface area contributed by atoms with E-state index in [0.29, 0.717) is 0 Å². The van der Waals surface area contributed by atoms with Gasteiger partial charge in [0.15, 0.2) is 11.0 Å². The molecule has 92 valence electrons. The maximum Gasteiger partial charge on any atom is 0.198 e. The highest BCUT2D eigenvalue weighted by Gasteiger charge is 2.15. The molecule has 3 heteroatoms. The molecule has 2 aromatic rings. The average Bonchev–Trinajstić information content (AvgIpc) is 2.72. The SMILES string of the molecule is CCCCn1n[n+](CCCC)c2ccccc21. The summed E-state index contributed by atoms with van der Waals surface area (Å²) >= 11 is 0. The molecule has 0 aliphatic heterocycles. The van der Waals surface area contributed by atoms with Gasteiger partial charge in [0.2, 0.25) is 0 Å². The summed E-state index contributed by atoms with van der Waals surface area (Å²) in [5.41, 5.74) is 2.52. The fraction of sp³-hybridized carbons (Fsp3) is 0.571. The molecule has 1 aromatic heterocycles. The van der Waals surface area contributed by atoms with E-state index in [-0.39, 0.29) is 0 Å². The number of benzene rings is 1. The van der Waals surface area contributed by atoms with Crippen LogP contribution in [0.1, 0.15) is 39.5 Å². The molecule has 0 unspecified atom stereocenters. The van der Waals surface area contributed by atoms with E-state index in [1.807, 2.05) is 0 Å². The van der Waals surface area contributed by atoms with Crippen molar-refractivity contribution in [1.29, 1.82) is 0 Å². The van der Waals surface area contributed by atoms with Crippen molar-refractivity contribution in [3.63, 3.8) is 0 Å². The topological polar surface area (TPSA) is 21.7 Å². The van der Waals surface area contributed by atoms with E-state index < -0.39 is 0 Å². The highest BCUT2D eigenvalue weighted by atomic mass is 15.5. The smallest absolute Gasteiger partial charge is 0.129 e. The van der Waals surface area contributed by atoms with Gasteiger partial charge in [-0.25, -0.2) is 0 Å². The van der Waals surface area contributed by atoms with Gasteiger partial charge in [0.25, 0.3) is 0 Å². The summed E-state index contributed by atoms with van der Waals surface area (Å²) in [6.45, 7) is 6.49. The van der Waals surface area contributed by atoms with Crippen molar-refractivity contribution in [2.45, 2.75) is 52.6 Å². The molecule has 0 aliphatic rings. The van der Waals surface area contributed by atoms with Crippen molar-refractivity contribution in [2.24, 2.45) is 0 Å². The highest BCUT2D eigenvalue weighted by molar-refractivity contribution is 5.70. The zero-order chi connectivity index (χ0) is 12.1. The molecule has 0 spiro atoms. The van der Waals surface area contributed by atoms with Crippen LogP contribution in [0.5, 0.6) is 0 Å². The maximum absolute atomic E-state index is 4.70. The van der Waals surface area contributed by atoms with Crippen LogP contribution in [-0.4, -0.2) is 9.90 Å². The molecule has 1 aromatic carbocycles. The van der Waals surface area contributed by atoms with Gasteiger partial charge in [-0.15, -0.1) is 9.36 Å². The molecule has 0 atom stereocenters. The molecule has 0 radical (unpaired) electrons. The number of aryl methyl sites for hydroxylation is 2. The molecule has 0 saturated heterocycles. The number of rotatable bonds is 6. The number of para-hydroxylation sites is 2.